The summed E-state index contributed by atoms with van der Waals surface area (Å²) in [7, 11) is 0. The van der Waals surface area contributed by atoms with Crippen LogP contribution >= 0.6 is 0 Å². The maximum absolute atomic E-state index is 10.0. The van der Waals surface area contributed by atoms with Gasteiger partial charge < -0.3 is 9.47 Å². The van der Waals surface area contributed by atoms with Gasteiger partial charge in [0, 0.05) is 39.5 Å². The minimum absolute atomic E-state index is 0.0273. The molecule has 1 aromatic heterocycles. The van der Waals surface area contributed by atoms with Crippen LogP contribution in [0.2, 0.25) is 0 Å². The van der Waals surface area contributed by atoms with E-state index in [1.165, 1.54) is 38.6 Å². The highest BCUT2D eigenvalue weighted by Gasteiger charge is 2.41. The summed E-state index contributed by atoms with van der Waals surface area (Å²) >= 11 is 0. The van der Waals surface area contributed by atoms with Crippen molar-refractivity contribution in [2.45, 2.75) is 24.3 Å². The molecule has 0 amide bonds. The summed E-state index contributed by atoms with van der Waals surface area (Å²) in [6.07, 6.45) is 14.5. The number of anilines is 2. The number of benzene rings is 6. The zero-order valence-electron chi connectivity index (χ0n) is 29.5. The van der Waals surface area contributed by atoms with Gasteiger partial charge in [0.15, 0.2) is 0 Å². The highest BCUT2D eigenvalue weighted by Crippen LogP contribution is 2.53. The van der Waals surface area contributed by atoms with Gasteiger partial charge in [-0.05, 0) is 94.9 Å². The molecule has 0 fully saturated rings. The summed E-state index contributed by atoms with van der Waals surface area (Å²) in [5, 5.41) is 22.2. The van der Waals surface area contributed by atoms with Crippen molar-refractivity contribution in [3.63, 3.8) is 0 Å². The summed E-state index contributed by atoms with van der Waals surface area (Å²) in [4.78, 5) is 2.47. The highest BCUT2D eigenvalue weighted by atomic mass is 15.2. The molecule has 3 aliphatic rings. The number of nitrogens with zero attached hydrogens (tertiary/aromatic N) is 4. The van der Waals surface area contributed by atoms with Gasteiger partial charge in [-0.25, -0.2) is 0 Å². The van der Waals surface area contributed by atoms with Crippen molar-refractivity contribution in [3.8, 4) is 17.8 Å². The predicted molar refractivity (Wildman–Crippen MR) is 220 cm³/mol. The van der Waals surface area contributed by atoms with Crippen LogP contribution in [0.15, 0.2) is 176 Å². The smallest absolute Gasteiger partial charge is 0.101 e. The topological polar surface area (TPSA) is 55.8 Å². The third kappa shape index (κ3) is 4.89. The molecule has 4 heteroatoms. The van der Waals surface area contributed by atoms with E-state index >= 15 is 0 Å². The third-order valence-electron chi connectivity index (χ3n) is 11.4. The van der Waals surface area contributed by atoms with E-state index < -0.39 is 0 Å². The maximum atomic E-state index is 10.0. The fourth-order valence-electron chi connectivity index (χ4n) is 9.09. The Morgan fingerprint density at radius 3 is 2.26 bits per heavy atom. The molecule has 0 bridgehead atoms. The van der Waals surface area contributed by atoms with Crippen molar-refractivity contribution < 1.29 is 0 Å². The molecule has 4 nitrogen and oxygen atoms in total. The quantitative estimate of drug-likeness (QED) is 0.181. The largest absolute Gasteiger partial charge is 0.332 e. The van der Waals surface area contributed by atoms with Crippen molar-refractivity contribution >= 4 is 44.3 Å². The molecule has 0 saturated heterocycles. The normalized spacial score (nSPS) is 18.5. The van der Waals surface area contributed by atoms with Crippen LogP contribution in [0.25, 0.3) is 38.6 Å². The first-order chi connectivity index (χ1) is 26.7. The van der Waals surface area contributed by atoms with Crippen LogP contribution in [0, 0.1) is 22.7 Å². The van der Waals surface area contributed by atoms with E-state index in [1.807, 2.05) is 30.3 Å². The molecule has 7 aromatic rings. The number of nitriles is 2. The van der Waals surface area contributed by atoms with Crippen LogP contribution in [0.1, 0.15) is 51.6 Å². The van der Waals surface area contributed by atoms with Crippen LogP contribution in [-0.4, -0.2) is 10.6 Å². The summed E-state index contributed by atoms with van der Waals surface area (Å²) in [6.45, 7) is 0. The predicted octanol–water partition coefficient (Wildman–Crippen LogP) is 11.9. The molecular weight excluding hydrogens is 657 g/mol. The van der Waals surface area contributed by atoms with E-state index in [4.69, 9.17) is 0 Å². The zero-order valence-corrected chi connectivity index (χ0v) is 29.5. The average molecular weight is 691 g/mol. The second-order valence-corrected chi connectivity index (χ2v) is 14.2. The van der Waals surface area contributed by atoms with Crippen LogP contribution in [0.5, 0.6) is 0 Å². The molecule has 0 radical (unpaired) electrons. The van der Waals surface area contributed by atoms with E-state index in [9.17, 15) is 10.5 Å². The monoisotopic (exact) mass is 690 g/mol. The lowest BCUT2D eigenvalue weighted by molar-refractivity contribution is 0.720. The van der Waals surface area contributed by atoms with E-state index in [-0.39, 0.29) is 17.9 Å². The maximum Gasteiger partial charge on any atom is 0.101 e. The molecule has 0 N–H and O–H groups in total. The Balaban J connectivity index is 1.09. The van der Waals surface area contributed by atoms with Gasteiger partial charge in [0.25, 0.3) is 0 Å². The molecule has 10 rings (SSSR count). The standard InChI is InChI=1S/C50H34N4/c51-31-33-25-27-48-44(29-33)43-22-12-21-42(50(43)53(48)36-14-2-1-3-15-36)40-19-8-7-18-39(40)38-17-6-5-16-37(38)34-26-28-49-45(30-34)41-20-9-11-24-47(41)54(49)46-23-10-4-13-35(46)32-52/h1-15,17-30,37,42,50H,16H2. The van der Waals surface area contributed by atoms with Gasteiger partial charge in [0.05, 0.1) is 40.0 Å². The second-order valence-electron chi connectivity index (χ2n) is 14.2. The molecule has 254 valence electrons. The molecule has 0 saturated carbocycles. The Bertz CT molecular complexity index is 2850. The highest BCUT2D eigenvalue weighted by molar-refractivity contribution is 6.10. The third-order valence-corrected chi connectivity index (χ3v) is 11.4. The summed E-state index contributed by atoms with van der Waals surface area (Å²) < 4.78 is 2.23. The Hall–Kier alpha value is -7.14. The van der Waals surface area contributed by atoms with Gasteiger partial charge in [-0.1, -0.05) is 115 Å². The molecular formula is C50H34N4. The van der Waals surface area contributed by atoms with Gasteiger partial charge in [-0.3, -0.25) is 0 Å². The van der Waals surface area contributed by atoms with Gasteiger partial charge in [0.1, 0.15) is 6.07 Å². The molecule has 6 aromatic carbocycles. The van der Waals surface area contributed by atoms with E-state index in [0.29, 0.717) is 11.1 Å². The lowest BCUT2D eigenvalue weighted by atomic mass is 9.75. The lowest BCUT2D eigenvalue weighted by Crippen LogP contribution is -2.33. The fourth-order valence-corrected chi connectivity index (χ4v) is 9.09. The number of allylic oxidation sites excluding steroid dienone is 6. The van der Waals surface area contributed by atoms with Gasteiger partial charge in [-0.2, -0.15) is 10.5 Å². The number of aromatic nitrogens is 1. The lowest BCUT2D eigenvalue weighted by Gasteiger charge is -2.36. The summed E-state index contributed by atoms with van der Waals surface area (Å²) in [6, 6.07) is 53.7. The van der Waals surface area contributed by atoms with Crippen LogP contribution in [0.3, 0.4) is 0 Å². The van der Waals surface area contributed by atoms with Crippen LogP contribution in [-0.2, 0) is 0 Å². The first-order valence-corrected chi connectivity index (χ1v) is 18.5. The summed E-state index contributed by atoms with van der Waals surface area (Å²) in [5.41, 5.74) is 14.2. The van der Waals surface area contributed by atoms with Crippen molar-refractivity contribution in [1.29, 1.82) is 10.5 Å². The van der Waals surface area contributed by atoms with Crippen LogP contribution < -0.4 is 4.90 Å². The van der Waals surface area contributed by atoms with Gasteiger partial charge >= 0.3 is 0 Å². The molecule has 54 heavy (non-hydrogen) atoms. The van der Waals surface area contributed by atoms with Gasteiger partial charge in [0.2, 0.25) is 0 Å². The second kappa shape index (κ2) is 12.8. The molecule has 2 heterocycles. The number of hydrogen-bond acceptors (Lipinski definition) is 3. The Morgan fingerprint density at radius 2 is 1.37 bits per heavy atom. The number of rotatable bonds is 5. The molecule has 3 unspecified atom stereocenters. The van der Waals surface area contributed by atoms with E-state index in [0.717, 1.165) is 40.1 Å². The van der Waals surface area contributed by atoms with Crippen molar-refractivity contribution in [2.24, 2.45) is 0 Å². The number of fused-ring (bicyclic) bond motifs is 6. The Labute approximate surface area is 314 Å². The molecule has 2 aliphatic carbocycles. The minimum atomic E-state index is 0.0273. The molecule has 0 spiro atoms. The van der Waals surface area contributed by atoms with E-state index in [2.05, 4.69) is 167 Å². The Kier molecular flexibility index (Phi) is 7.50. The van der Waals surface area contributed by atoms with Crippen molar-refractivity contribution in [3.05, 3.63) is 209 Å². The SMILES string of the molecule is N#Cc1ccc2c(c1)C1=CC=CC(c3ccccc3C3=CC=CCC3c3ccc4c(c3)c3ccccc3n4-c3ccccc3C#N)C1N2c1ccccc1. The van der Waals surface area contributed by atoms with Crippen molar-refractivity contribution in [2.75, 3.05) is 4.90 Å². The number of hydrogen-bond donors (Lipinski definition) is 0. The Morgan fingerprint density at radius 1 is 0.593 bits per heavy atom. The van der Waals surface area contributed by atoms with E-state index in [1.54, 1.807) is 0 Å². The molecule has 3 atom stereocenters. The van der Waals surface area contributed by atoms with Gasteiger partial charge in [-0.15, -0.1) is 0 Å². The summed E-state index contributed by atoms with van der Waals surface area (Å²) in [5.74, 6) is 0.216. The molecule has 1 aliphatic heterocycles. The average Bonchev–Trinajstić information content (AvgIpc) is 3.76. The van der Waals surface area contributed by atoms with Crippen LogP contribution in [0.4, 0.5) is 11.4 Å². The number of para-hydroxylation sites is 3. The first-order valence-electron chi connectivity index (χ1n) is 18.5. The first kappa shape index (κ1) is 31.6. The zero-order chi connectivity index (χ0) is 36.2. The van der Waals surface area contributed by atoms with Crippen molar-refractivity contribution in [1.82, 2.24) is 4.57 Å². The minimum Gasteiger partial charge on any atom is -0.332 e. The fraction of sp³-hybridized carbons (Fsp3) is 0.0800.